The zero-order valence-corrected chi connectivity index (χ0v) is 14.6. The molecule has 1 aromatic carbocycles. The van der Waals surface area contributed by atoms with Crippen molar-refractivity contribution in [3.63, 3.8) is 0 Å². The van der Waals surface area contributed by atoms with Crippen LogP contribution in [-0.4, -0.2) is 28.7 Å². The molecule has 5 heteroatoms. The summed E-state index contributed by atoms with van der Waals surface area (Å²) in [6, 6.07) is 8.85. The molecule has 0 bridgehead atoms. The highest BCUT2D eigenvalue weighted by atomic mass is 79.9. The van der Waals surface area contributed by atoms with Crippen LogP contribution in [0.15, 0.2) is 41.1 Å². The van der Waals surface area contributed by atoms with Gasteiger partial charge >= 0.3 is 0 Å². The first-order valence-electron chi connectivity index (χ1n) is 7.73. The van der Waals surface area contributed by atoms with Gasteiger partial charge in [0.2, 0.25) is 0 Å². The van der Waals surface area contributed by atoms with Gasteiger partial charge in [-0.05, 0) is 30.0 Å². The molecule has 0 saturated carbocycles. The van der Waals surface area contributed by atoms with E-state index in [4.69, 9.17) is 4.74 Å². The Balaban J connectivity index is 1.62. The molecule has 2 heterocycles. The van der Waals surface area contributed by atoms with Crippen molar-refractivity contribution < 1.29 is 4.74 Å². The van der Waals surface area contributed by atoms with Crippen LogP contribution < -0.4 is 5.32 Å². The molecule has 1 aliphatic heterocycles. The van der Waals surface area contributed by atoms with Gasteiger partial charge in [-0.1, -0.05) is 35.0 Å². The molecule has 0 unspecified atom stereocenters. The summed E-state index contributed by atoms with van der Waals surface area (Å²) in [7, 11) is 2.02. The van der Waals surface area contributed by atoms with E-state index in [1.54, 1.807) is 0 Å². The summed E-state index contributed by atoms with van der Waals surface area (Å²) in [4.78, 5) is 4.44. The second-order valence-electron chi connectivity index (χ2n) is 5.95. The number of halogens is 1. The van der Waals surface area contributed by atoms with Crippen molar-refractivity contribution in [2.24, 2.45) is 7.05 Å². The van der Waals surface area contributed by atoms with E-state index >= 15 is 0 Å². The van der Waals surface area contributed by atoms with Crippen LogP contribution >= 0.6 is 15.9 Å². The molecule has 2 aromatic rings. The maximum Gasteiger partial charge on any atom is 0.139 e. The summed E-state index contributed by atoms with van der Waals surface area (Å²) in [6.07, 6.45) is 4.88. The van der Waals surface area contributed by atoms with Gasteiger partial charge < -0.3 is 14.6 Å². The maximum absolute atomic E-state index is 5.89. The fraction of sp³-hybridized carbons (Fsp3) is 0.471. The standard InChI is InChI=1S/C17H22BrN3O/c1-12(13-4-3-5-14(18)10-13)11-20-15-6-9-22-16(15)17-19-7-8-21(17)2/h3-5,7-8,10,12,15-16,20H,6,9,11H2,1-2H3/t12-,15-,16-/m0/s1. The van der Waals surface area contributed by atoms with Crippen molar-refractivity contribution in [3.05, 3.63) is 52.5 Å². The number of hydrogen-bond donors (Lipinski definition) is 1. The van der Waals surface area contributed by atoms with E-state index in [2.05, 4.69) is 57.4 Å². The number of nitrogens with one attached hydrogen (secondary N) is 1. The van der Waals surface area contributed by atoms with Crippen molar-refractivity contribution in [1.29, 1.82) is 0 Å². The van der Waals surface area contributed by atoms with Crippen molar-refractivity contribution in [2.45, 2.75) is 31.4 Å². The average molecular weight is 364 g/mol. The monoisotopic (exact) mass is 363 g/mol. The van der Waals surface area contributed by atoms with E-state index in [0.717, 1.165) is 29.9 Å². The quantitative estimate of drug-likeness (QED) is 0.884. The zero-order valence-electron chi connectivity index (χ0n) is 13.0. The number of rotatable bonds is 5. The predicted molar refractivity (Wildman–Crippen MR) is 90.9 cm³/mol. The normalized spacial score (nSPS) is 22.9. The second-order valence-corrected chi connectivity index (χ2v) is 6.86. The molecule has 0 aliphatic carbocycles. The van der Waals surface area contributed by atoms with Gasteiger partial charge in [0, 0.05) is 43.1 Å². The highest BCUT2D eigenvalue weighted by Crippen LogP contribution is 2.28. The van der Waals surface area contributed by atoms with Gasteiger partial charge in [0.1, 0.15) is 11.9 Å². The first-order valence-corrected chi connectivity index (χ1v) is 8.52. The summed E-state index contributed by atoms with van der Waals surface area (Å²) in [5, 5.41) is 3.67. The summed E-state index contributed by atoms with van der Waals surface area (Å²) in [5.74, 6) is 1.46. The van der Waals surface area contributed by atoms with Crippen LogP contribution in [-0.2, 0) is 11.8 Å². The molecule has 118 valence electrons. The molecule has 0 spiro atoms. The molecular weight excluding hydrogens is 342 g/mol. The first kappa shape index (κ1) is 15.7. The number of aromatic nitrogens is 2. The summed E-state index contributed by atoms with van der Waals surface area (Å²) < 4.78 is 9.07. The summed E-state index contributed by atoms with van der Waals surface area (Å²) in [5.41, 5.74) is 1.34. The Morgan fingerprint density at radius 3 is 3.09 bits per heavy atom. The minimum Gasteiger partial charge on any atom is -0.369 e. The van der Waals surface area contributed by atoms with Crippen LogP contribution in [0.4, 0.5) is 0 Å². The molecule has 4 nitrogen and oxygen atoms in total. The molecule has 3 atom stereocenters. The van der Waals surface area contributed by atoms with Crippen LogP contribution in [0.2, 0.25) is 0 Å². The molecule has 0 amide bonds. The highest BCUT2D eigenvalue weighted by molar-refractivity contribution is 9.10. The van der Waals surface area contributed by atoms with Gasteiger partial charge in [-0.25, -0.2) is 4.98 Å². The van der Waals surface area contributed by atoms with Crippen LogP contribution in [0, 0.1) is 0 Å². The van der Waals surface area contributed by atoms with Gasteiger partial charge in [0.15, 0.2) is 0 Å². The van der Waals surface area contributed by atoms with Gasteiger partial charge in [0.05, 0.1) is 0 Å². The predicted octanol–water partition coefficient (Wildman–Crippen LogP) is 3.41. The molecule has 1 fully saturated rings. The molecule has 1 aliphatic rings. The topological polar surface area (TPSA) is 39.1 Å². The Bertz CT molecular complexity index is 628. The number of hydrogen-bond acceptors (Lipinski definition) is 3. The van der Waals surface area contributed by atoms with Crippen LogP contribution in [0.25, 0.3) is 0 Å². The molecule has 0 radical (unpaired) electrons. The molecule has 1 saturated heterocycles. The molecule has 3 rings (SSSR count). The Hall–Kier alpha value is -1.17. The van der Waals surface area contributed by atoms with Gasteiger partial charge in [-0.15, -0.1) is 0 Å². The molecule has 1 aromatic heterocycles. The van der Waals surface area contributed by atoms with Crippen molar-refractivity contribution in [2.75, 3.05) is 13.2 Å². The second kappa shape index (κ2) is 6.94. The summed E-state index contributed by atoms with van der Waals surface area (Å²) in [6.45, 7) is 3.98. The van der Waals surface area contributed by atoms with Gasteiger partial charge in [-0.2, -0.15) is 0 Å². The molecule has 22 heavy (non-hydrogen) atoms. The molecular formula is C17H22BrN3O. The minimum atomic E-state index is 0.0507. The van der Waals surface area contributed by atoms with E-state index < -0.39 is 0 Å². The third kappa shape index (κ3) is 3.42. The average Bonchev–Trinajstić information content (AvgIpc) is 3.12. The van der Waals surface area contributed by atoms with Gasteiger partial charge in [0.25, 0.3) is 0 Å². The Morgan fingerprint density at radius 1 is 1.50 bits per heavy atom. The molecule has 1 N–H and O–H groups in total. The van der Waals surface area contributed by atoms with Crippen molar-refractivity contribution in [3.8, 4) is 0 Å². The van der Waals surface area contributed by atoms with Gasteiger partial charge in [-0.3, -0.25) is 0 Å². The van der Waals surface area contributed by atoms with Crippen LogP contribution in [0.5, 0.6) is 0 Å². The Kier molecular flexibility index (Phi) is 4.96. The SMILES string of the molecule is C[C@@H](CN[C@H]1CCO[C@@H]1c1nccn1C)c1cccc(Br)c1. The number of ether oxygens (including phenoxy) is 1. The van der Waals surface area contributed by atoms with Crippen LogP contribution in [0.3, 0.4) is 0 Å². The minimum absolute atomic E-state index is 0.0507. The Labute approximate surface area is 140 Å². The van der Waals surface area contributed by atoms with Crippen LogP contribution in [0.1, 0.15) is 36.8 Å². The fourth-order valence-electron chi connectivity index (χ4n) is 2.96. The number of benzene rings is 1. The number of nitrogens with zero attached hydrogens (tertiary/aromatic N) is 2. The van der Waals surface area contributed by atoms with E-state index in [-0.39, 0.29) is 6.10 Å². The Morgan fingerprint density at radius 2 is 2.36 bits per heavy atom. The maximum atomic E-state index is 5.89. The lowest BCUT2D eigenvalue weighted by molar-refractivity contribution is 0.0894. The fourth-order valence-corrected chi connectivity index (χ4v) is 3.38. The van der Waals surface area contributed by atoms with Crippen molar-refractivity contribution >= 4 is 15.9 Å². The van der Waals surface area contributed by atoms with E-state index in [9.17, 15) is 0 Å². The number of imidazole rings is 1. The smallest absolute Gasteiger partial charge is 0.139 e. The zero-order chi connectivity index (χ0) is 15.5. The third-order valence-electron chi connectivity index (χ3n) is 4.31. The lowest BCUT2D eigenvalue weighted by Crippen LogP contribution is -2.35. The van der Waals surface area contributed by atoms with Crippen molar-refractivity contribution in [1.82, 2.24) is 14.9 Å². The lowest BCUT2D eigenvalue weighted by atomic mass is 10.0. The number of aryl methyl sites for hydroxylation is 1. The lowest BCUT2D eigenvalue weighted by Gasteiger charge is -2.22. The largest absolute Gasteiger partial charge is 0.369 e. The van der Waals surface area contributed by atoms with E-state index in [0.29, 0.717) is 12.0 Å². The van der Waals surface area contributed by atoms with E-state index in [1.165, 1.54) is 5.56 Å². The summed E-state index contributed by atoms with van der Waals surface area (Å²) >= 11 is 3.54. The third-order valence-corrected chi connectivity index (χ3v) is 4.80. The first-order chi connectivity index (χ1) is 10.6. The highest BCUT2D eigenvalue weighted by Gasteiger charge is 2.32. The van der Waals surface area contributed by atoms with E-state index in [1.807, 2.05) is 24.0 Å².